The third-order valence-corrected chi connectivity index (χ3v) is 18.3. The van der Waals surface area contributed by atoms with Crippen molar-refractivity contribution in [2.45, 2.75) is 322 Å². The van der Waals surface area contributed by atoms with Crippen molar-refractivity contribution in [3.8, 4) is 0 Å². The van der Waals surface area contributed by atoms with Gasteiger partial charge in [0.05, 0.1) is 26.4 Å². The van der Waals surface area contributed by atoms with E-state index in [-0.39, 0.29) is 19.3 Å². The number of ether oxygens (including phenoxy) is 3. The molecule has 105 heavy (non-hydrogen) atoms. The van der Waals surface area contributed by atoms with Crippen LogP contribution in [-0.4, -0.2) is 95.9 Å². The second kappa shape index (κ2) is 78.5. The first-order valence-electron chi connectivity index (χ1n) is 40.4. The van der Waals surface area contributed by atoms with Crippen LogP contribution in [0.5, 0.6) is 0 Å². The Kier molecular flexibility index (Phi) is 74.7. The molecule has 0 aliphatic rings. The fourth-order valence-corrected chi connectivity index (χ4v) is 11.9. The van der Waals surface area contributed by atoms with Crippen LogP contribution in [0, 0.1) is 0 Å². The number of hydrogen-bond acceptors (Lipinski definition) is 14. The molecule has 0 heterocycles. The van der Waals surface area contributed by atoms with Crippen molar-refractivity contribution in [1.29, 1.82) is 0 Å². The van der Waals surface area contributed by atoms with Gasteiger partial charge in [0.2, 0.25) is 0 Å². The molecule has 0 radical (unpaired) electrons. The molecular weight excluding hydrogens is 1360 g/mol. The number of aliphatic hydroxyl groups is 2. The summed E-state index contributed by atoms with van der Waals surface area (Å²) < 4.78 is 61.1. The summed E-state index contributed by atoms with van der Waals surface area (Å²) in [6.45, 7) is 2.35. The average Bonchev–Trinajstić information content (AvgIpc) is 0.912. The number of allylic oxidation sites excluding steroid dienone is 28. The average molecular weight is 1510 g/mol. The van der Waals surface area contributed by atoms with E-state index in [2.05, 4.69) is 191 Å². The topological polar surface area (TPSA) is 231 Å². The van der Waals surface area contributed by atoms with Gasteiger partial charge in [0, 0.05) is 19.3 Å². The highest BCUT2D eigenvalue weighted by molar-refractivity contribution is 7.47. The van der Waals surface area contributed by atoms with Gasteiger partial charge >= 0.3 is 33.6 Å². The maximum absolute atomic E-state index is 13.0. The molecule has 16 nitrogen and oxygen atoms in total. The van der Waals surface area contributed by atoms with Gasteiger partial charge in [-0.25, -0.2) is 9.13 Å². The van der Waals surface area contributed by atoms with Crippen molar-refractivity contribution in [2.75, 3.05) is 39.6 Å². The first-order chi connectivity index (χ1) is 51.2. The highest BCUT2D eigenvalue weighted by Crippen LogP contribution is 2.45. The van der Waals surface area contributed by atoms with Gasteiger partial charge in [-0.15, -0.1) is 0 Å². The van der Waals surface area contributed by atoms with Gasteiger partial charge in [-0.2, -0.15) is 0 Å². The molecule has 18 heteroatoms. The Bertz CT molecular complexity index is 2590. The minimum absolute atomic E-state index is 0.0814. The lowest BCUT2D eigenvalue weighted by atomic mass is 10.1. The Balaban J connectivity index is 4.54. The van der Waals surface area contributed by atoms with E-state index in [1.165, 1.54) is 38.5 Å². The van der Waals surface area contributed by atoms with E-state index in [9.17, 15) is 43.5 Å². The fraction of sp³-hybridized carbons (Fsp3) is 0.644. The lowest BCUT2D eigenvalue weighted by molar-refractivity contribution is -0.161. The number of hydrogen-bond donors (Lipinski definition) is 4. The first-order valence-corrected chi connectivity index (χ1v) is 43.4. The van der Waals surface area contributed by atoms with Crippen LogP contribution in [0.4, 0.5) is 0 Å². The summed E-state index contributed by atoms with van der Waals surface area (Å²) in [7, 11) is -9.81. The Morgan fingerprint density at radius 2 is 0.505 bits per heavy atom. The second-order valence-electron chi connectivity index (χ2n) is 26.5. The lowest BCUT2D eigenvalue weighted by Gasteiger charge is -2.21. The van der Waals surface area contributed by atoms with Crippen LogP contribution < -0.4 is 0 Å². The predicted octanol–water partition coefficient (Wildman–Crippen LogP) is 24.0. The van der Waals surface area contributed by atoms with Crippen molar-refractivity contribution < 1.29 is 75.8 Å². The maximum atomic E-state index is 13.0. The summed E-state index contributed by atoms with van der Waals surface area (Å²) in [5.41, 5.74) is 0. The summed E-state index contributed by atoms with van der Waals surface area (Å²) in [6, 6.07) is 0. The second-order valence-corrected chi connectivity index (χ2v) is 29.4. The van der Waals surface area contributed by atoms with Crippen molar-refractivity contribution >= 4 is 33.6 Å². The SMILES string of the molecule is CC/C=C\C/C=C\C/C=C\C/C=C\C/C=C\C/C=C\CCCCCCCCCCCCC(=O)OCC(O)COP(=O)(O)OCC(O)COP(=O)(O)OCC(COC(=O)CCCCCCCCCC/C=C\C/C=C\C/C=C\C/C=C\C/C=C\C/C=C\CC)OC(=O)CCCCCCC/C=C\C/C=C\CCC. The third-order valence-electron chi connectivity index (χ3n) is 16.4. The molecule has 5 unspecified atom stereocenters. The quantitative estimate of drug-likeness (QED) is 0.0146. The molecule has 0 aromatic carbocycles. The van der Waals surface area contributed by atoms with Gasteiger partial charge in [-0.05, 0) is 148 Å². The number of phosphoric ester groups is 2. The number of rotatable bonds is 75. The van der Waals surface area contributed by atoms with E-state index in [0.29, 0.717) is 19.3 Å². The Morgan fingerprint density at radius 3 is 0.800 bits per heavy atom. The Labute approximate surface area is 637 Å². The fourth-order valence-electron chi connectivity index (χ4n) is 10.3. The van der Waals surface area contributed by atoms with Crippen molar-refractivity contribution in [2.24, 2.45) is 0 Å². The zero-order valence-corrected chi connectivity index (χ0v) is 67.1. The molecule has 0 fully saturated rings. The molecular formula is C87H144O16P2. The van der Waals surface area contributed by atoms with Gasteiger partial charge in [-0.3, -0.25) is 32.5 Å². The van der Waals surface area contributed by atoms with Gasteiger partial charge in [-0.1, -0.05) is 306 Å². The van der Waals surface area contributed by atoms with Crippen LogP contribution in [0.25, 0.3) is 0 Å². The molecule has 0 bridgehead atoms. The molecule has 598 valence electrons. The van der Waals surface area contributed by atoms with E-state index in [0.717, 1.165) is 205 Å². The monoisotopic (exact) mass is 1510 g/mol. The molecule has 0 saturated heterocycles. The van der Waals surface area contributed by atoms with E-state index in [1.54, 1.807) is 0 Å². The van der Waals surface area contributed by atoms with Crippen LogP contribution in [0.2, 0.25) is 0 Å². The minimum Gasteiger partial charge on any atom is -0.463 e. The largest absolute Gasteiger partial charge is 0.472 e. The molecule has 0 aliphatic carbocycles. The number of carbonyl (C=O) groups is 3. The summed E-state index contributed by atoms with van der Waals surface area (Å²) in [4.78, 5) is 58.7. The zero-order valence-electron chi connectivity index (χ0n) is 65.3. The van der Waals surface area contributed by atoms with Crippen LogP contribution in [0.1, 0.15) is 303 Å². The van der Waals surface area contributed by atoms with Crippen LogP contribution >= 0.6 is 15.6 Å². The van der Waals surface area contributed by atoms with E-state index in [4.69, 9.17) is 32.3 Å². The van der Waals surface area contributed by atoms with Gasteiger partial charge < -0.3 is 34.2 Å². The predicted molar refractivity (Wildman–Crippen MR) is 435 cm³/mol. The van der Waals surface area contributed by atoms with Gasteiger partial charge in [0.25, 0.3) is 0 Å². The molecule has 0 aliphatic heterocycles. The molecule has 5 atom stereocenters. The molecule has 0 spiro atoms. The van der Waals surface area contributed by atoms with E-state index < -0.39 is 91.5 Å². The molecule has 0 saturated carbocycles. The lowest BCUT2D eigenvalue weighted by Crippen LogP contribution is -2.30. The highest BCUT2D eigenvalue weighted by atomic mass is 31.2. The van der Waals surface area contributed by atoms with Gasteiger partial charge in [0.1, 0.15) is 25.4 Å². The molecule has 4 N–H and O–H groups in total. The third kappa shape index (κ3) is 79.8. The van der Waals surface area contributed by atoms with E-state index >= 15 is 0 Å². The maximum Gasteiger partial charge on any atom is 0.472 e. The summed E-state index contributed by atoms with van der Waals surface area (Å²) >= 11 is 0. The van der Waals surface area contributed by atoms with E-state index in [1.807, 2.05) is 0 Å². The first kappa shape index (κ1) is 99.9. The number of unbranched alkanes of at least 4 members (excludes halogenated alkanes) is 24. The van der Waals surface area contributed by atoms with Crippen LogP contribution in [-0.2, 0) is 55.8 Å². The Morgan fingerprint density at radius 1 is 0.276 bits per heavy atom. The smallest absolute Gasteiger partial charge is 0.463 e. The molecule has 0 aromatic rings. The summed E-state index contributed by atoms with van der Waals surface area (Å²) in [5.74, 6) is -1.61. The zero-order chi connectivity index (χ0) is 76.6. The normalized spacial score (nSPS) is 14.8. The molecule has 0 aromatic heterocycles. The standard InChI is InChI=1S/C87H144O16P2/c1-4-7-10-13-16-19-22-25-27-29-31-33-35-37-39-40-42-44-45-47-49-51-53-56-58-61-64-67-70-73-85(90)97-76-82(88)77-99-104(93,94)100-78-83(89)79-101-105(95,96)102-81-84(103-87(92)75-72-69-66-63-60-55-24-21-18-15-12-9-6-3)80-98-86(91)74-71-68-65-62-59-57-54-52-50-48-46-43-41-38-36-34-32-30-28-26-23-20-17-14-11-8-5-2/h7-8,10-12,15-17,19-21,24-28,31-34,37-39,41-42,44,46,48,82-84,88-89H,4-6,9,13-14,18,22-23,29-30,35-36,40,43,45,47,49-81H2,1-3H3,(H,93,94)(H,95,96)/b10-7-,11-8-,15-12-,19-16-,20-17-,24-21-,27-25-,28-26-,33-31-,34-32-,39-37-,41-38-,44-42-,48-46-. The van der Waals surface area contributed by atoms with Crippen LogP contribution in [0.15, 0.2) is 170 Å². The van der Waals surface area contributed by atoms with Crippen LogP contribution in [0.3, 0.4) is 0 Å². The number of esters is 3. The molecule has 0 rings (SSSR count). The summed E-state index contributed by atoms with van der Waals surface area (Å²) in [5, 5.41) is 20.6. The van der Waals surface area contributed by atoms with Gasteiger partial charge in [0.15, 0.2) is 6.10 Å². The van der Waals surface area contributed by atoms with Crippen molar-refractivity contribution in [3.63, 3.8) is 0 Å². The Hall–Kier alpha value is -5.09. The minimum atomic E-state index is -4.94. The van der Waals surface area contributed by atoms with Crippen molar-refractivity contribution in [1.82, 2.24) is 0 Å². The number of aliphatic hydroxyl groups excluding tert-OH is 2. The number of phosphoric acid groups is 2. The molecule has 0 amide bonds. The summed E-state index contributed by atoms with van der Waals surface area (Å²) in [6.07, 6.45) is 99.7. The highest BCUT2D eigenvalue weighted by Gasteiger charge is 2.29. The number of carbonyl (C=O) groups excluding carboxylic acids is 3. The van der Waals surface area contributed by atoms with Crippen molar-refractivity contribution in [3.05, 3.63) is 170 Å².